The Morgan fingerprint density at radius 3 is 3.18 bits per heavy atom. The minimum atomic E-state index is 0.245. The Morgan fingerprint density at radius 1 is 1.47 bits per heavy atom. The molecule has 0 radical (unpaired) electrons. The van der Waals surface area contributed by atoms with Gasteiger partial charge < -0.3 is 21.1 Å². The van der Waals surface area contributed by atoms with Gasteiger partial charge in [0.2, 0.25) is 5.88 Å². The van der Waals surface area contributed by atoms with Crippen LogP contribution in [0.25, 0.3) is 0 Å². The van der Waals surface area contributed by atoms with Gasteiger partial charge in [0.15, 0.2) is 0 Å². The highest BCUT2D eigenvalue weighted by atomic mass is 16.5. The number of fused-ring (bicyclic) bond motifs is 1. The Hall–Kier alpha value is -1.49. The first-order chi connectivity index (χ1) is 8.25. The van der Waals surface area contributed by atoms with Crippen LogP contribution in [0.5, 0.6) is 5.88 Å². The number of ether oxygens (including phenoxy) is 1. The van der Waals surface area contributed by atoms with Gasteiger partial charge >= 0.3 is 0 Å². The smallest absolute Gasteiger partial charge is 0.218 e. The molecule has 3 heterocycles. The van der Waals surface area contributed by atoms with Crippen molar-refractivity contribution in [3.05, 3.63) is 11.8 Å². The van der Waals surface area contributed by atoms with Crippen molar-refractivity contribution in [3.63, 3.8) is 0 Å². The first kappa shape index (κ1) is 10.7. The third-order valence-electron chi connectivity index (χ3n) is 3.50. The SMILES string of the molecule is Nc1cnc2c(c1N1CCC[C@H](N)C1)CCO2. The number of rotatable bonds is 1. The molecule has 1 atom stereocenters. The van der Waals surface area contributed by atoms with Crippen molar-refractivity contribution in [2.45, 2.75) is 25.3 Å². The minimum absolute atomic E-state index is 0.245. The van der Waals surface area contributed by atoms with Crippen LogP contribution in [-0.4, -0.2) is 30.7 Å². The Bertz CT molecular complexity index is 435. The molecule has 1 fully saturated rings. The van der Waals surface area contributed by atoms with Crippen molar-refractivity contribution in [3.8, 4) is 5.88 Å². The van der Waals surface area contributed by atoms with Crippen LogP contribution in [-0.2, 0) is 6.42 Å². The second-order valence-electron chi connectivity index (χ2n) is 4.79. The molecule has 5 nitrogen and oxygen atoms in total. The topological polar surface area (TPSA) is 77.4 Å². The fourth-order valence-electron chi connectivity index (χ4n) is 2.73. The lowest BCUT2D eigenvalue weighted by atomic mass is 10.0. The Labute approximate surface area is 101 Å². The lowest BCUT2D eigenvalue weighted by Gasteiger charge is -2.34. The first-order valence-electron chi connectivity index (χ1n) is 6.16. The number of nitrogens with two attached hydrogens (primary N) is 2. The number of hydrogen-bond acceptors (Lipinski definition) is 5. The molecule has 1 aromatic rings. The van der Waals surface area contributed by atoms with Crippen molar-refractivity contribution in [2.24, 2.45) is 5.73 Å². The molecule has 92 valence electrons. The van der Waals surface area contributed by atoms with Gasteiger partial charge in [-0.05, 0) is 12.8 Å². The van der Waals surface area contributed by atoms with E-state index in [0.717, 1.165) is 55.2 Å². The first-order valence-corrected chi connectivity index (χ1v) is 6.16. The zero-order valence-electron chi connectivity index (χ0n) is 9.85. The summed E-state index contributed by atoms with van der Waals surface area (Å²) in [4.78, 5) is 6.52. The summed E-state index contributed by atoms with van der Waals surface area (Å²) in [6.07, 6.45) is 4.81. The van der Waals surface area contributed by atoms with Gasteiger partial charge in [0.25, 0.3) is 0 Å². The zero-order chi connectivity index (χ0) is 11.8. The Balaban J connectivity index is 1.99. The maximum Gasteiger partial charge on any atom is 0.218 e. The summed E-state index contributed by atoms with van der Waals surface area (Å²) in [6.45, 7) is 2.60. The van der Waals surface area contributed by atoms with Crippen LogP contribution in [0, 0.1) is 0 Å². The molecule has 0 amide bonds. The molecule has 17 heavy (non-hydrogen) atoms. The molecule has 0 aromatic carbocycles. The quantitative estimate of drug-likeness (QED) is 0.741. The van der Waals surface area contributed by atoms with E-state index in [0.29, 0.717) is 6.61 Å². The van der Waals surface area contributed by atoms with Crippen molar-refractivity contribution in [1.82, 2.24) is 4.98 Å². The molecule has 3 rings (SSSR count). The van der Waals surface area contributed by atoms with Crippen LogP contribution in [0.2, 0.25) is 0 Å². The van der Waals surface area contributed by atoms with Crippen LogP contribution in [0.4, 0.5) is 11.4 Å². The van der Waals surface area contributed by atoms with E-state index in [-0.39, 0.29) is 6.04 Å². The summed E-state index contributed by atoms with van der Waals surface area (Å²) in [5.41, 5.74) is 15.1. The normalized spacial score (nSPS) is 23.4. The Morgan fingerprint density at radius 2 is 2.35 bits per heavy atom. The molecule has 2 aliphatic rings. The molecule has 0 unspecified atom stereocenters. The van der Waals surface area contributed by atoms with Crippen molar-refractivity contribution < 1.29 is 4.74 Å². The average Bonchev–Trinajstić information content (AvgIpc) is 2.76. The zero-order valence-corrected chi connectivity index (χ0v) is 9.85. The summed E-state index contributed by atoms with van der Waals surface area (Å²) >= 11 is 0. The number of piperidine rings is 1. The fourth-order valence-corrected chi connectivity index (χ4v) is 2.73. The average molecular weight is 234 g/mol. The van der Waals surface area contributed by atoms with E-state index in [1.807, 2.05) is 0 Å². The van der Waals surface area contributed by atoms with Crippen LogP contribution in [0.1, 0.15) is 18.4 Å². The van der Waals surface area contributed by atoms with Crippen molar-refractivity contribution in [1.29, 1.82) is 0 Å². The summed E-state index contributed by atoms with van der Waals surface area (Å²) < 4.78 is 5.49. The van der Waals surface area contributed by atoms with E-state index >= 15 is 0 Å². The fraction of sp³-hybridized carbons (Fsp3) is 0.583. The second-order valence-corrected chi connectivity index (χ2v) is 4.79. The van der Waals surface area contributed by atoms with Gasteiger partial charge in [0.1, 0.15) is 0 Å². The molecule has 2 aliphatic heterocycles. The molecular weight excluding hydrogens is 216 g/mol. The number of hydrogen-bond donors (Lipinski definition) is 2. The molecule has 5 heteroatoms. The van der Waals surface area contributed by atoms with E-state index in [2.05, 4.69) is 9.88 Å². The summed E-state index contributed by atoms with van der Waals surface area (Å²) in [7, 11) is 0. The summed E-state index contributed by atoms with van der Waals surface area (Å²) in [5, 5.41) is 0. The second kappa shape index (κ2) is 4.07. The molecule has 0 spiro atoms. The summed E-state index contributed by atoms with van der Waals surface area (Å²) in [6, 6.07) is 0.245. The monoisotopic (exact) mass is 234 g/mol. The molecular formula is C12H18N4O. The minimum Gasteiger partial charge on any atom is -0.477 e. The van der Waals surface area contributed by atoms with Crippen molar-refractivity contribution in [2.75, 3.05) is 30.3 Å². The predicted octanol–water partition coefficient (Wildman–Crippen LogP) is 0.526. The highest BCUT2D eigenvalue weighted by Gasteiger charge is 2.26. The third kappa shape index (κ3) is 1.80. The molecule has 0 aliphatic carbocycles. The van der Waals surface area contributed by atoms with Crippen LogP contribution in [0.3, 0.4) is 0 Å². The van der Waals surface area contributed by atoms with Gasteiger partial charge in [-0.25, -0.2) is 4.98 Å². The van der Waals surface area contributed by atoms with Crippen molar-refractivity contribution >= 4 is 11.4 Å². The largest absolute Gasteiger partial charge is 0.477 e. The van der Waals surface area contributed by atoms with Gasteiger partial charge in [-0.3, -0.25) is 0 Å². The highest BCUT2D eigenvalue weighted by Crippen LogP contribution is 2.37. The number of nitrogens with zero attached hydrogens (tertiary/aromatic N) is 2. The standard InChI is InChI=1S/C12H18N4O/c13-8-2-1-4-16(7-8)11-9-3-5-17-12(9)15-6-10(11)14/h6,8H,1-5,7,13-14H2/t8-/m0/s1. The van der Waals surface area contributed by atoms with Gasteiger partial charge in [-0.2, -0.15) is 0 Å². The maximum absolute atomic E-state index is 6.07. The summed E-state index contributed by atoms with van der Waals surface area (Å²) in [5.74, 6) is 0.744. The molecule has 1 aromatic heterocycles. The van der Waals surface area contributed by atoms with E-state index in [9.17, 15) is 0 Å². The van der Waals surface area contributed by atoms with Crippen LogP contribution < -0.4 is 21.1 Å². The van der Waals surface area contributed by atoms with Gasteiger partial charge in [-0.15, -0.1) is 0 Å². The molecule has 1 saturated heterocycles. The predicted molar refractivity (Wildman–Crippen MR) is 67.3 cm³/mol. The lowest BCUT2D eigenvalue weighted by molar-refractivity contribution is 0.345. The van der Waals surface area contributed by atoms with Gasteiger partial charge in [0.05, 0.1) is 24.2 Å². The van der Waals surface area contributed by atoms with Crippen LogP contribution >= 0.6 is 0 Å². The number of nitrogen functional groups attached to an aromatic ring is 1. The van der Waals surface area contributed by atoms with E-state index in [1.54, 1.807) is 6.20 Å². The van der Waals surface area contributed by atoms with E-state index in [1.165, 1.54) is 0 Å². The van der Waals surface area contributed by atoms with Gasteiger partial charge in [0, 0.05) is 31.1 Å². The van der Waals surface area contributed by atoms with Gasteiger partial charge in [-0.1, -0.05) is 0 Å². The molecule has 0 bridgehead atoms. The number of pyridine rings is 1. The highest BCUT2D eigenvalue weighted by molar-refractivity contribution is 5.73. The molecule has 0 saturated carbocycles. The van der Waals surface area contributed by atoms with E-state index in [4.69, 9.17) is 16.2 Å². The van der Waals surface area contributed by atoms with Crippen LogP contribution in [0.15, 0.2) is 6.20 Å². The van der Waals surface area contributed by atoms with E-state index < -0.39 is 0 Å². The maximum atomic E-state index is 6.07. The third-order valence-corrected chi connectivity index (χ3v) is 3.50. The number of aromatic nitrogens is 1. The Kier molecular flexibility index (Phi) is 2.55. The number of anilines is 2. The molecule has 4 N–H and O–H groups in total. The lowest BCUT2D eigenvalue weighted by Crippen LogP contribution is -2.43.